The topological polar surface area (TPSA) is 83.8 Å². The summed E-state index contributed by atoms with van der Waals surface area (Å²) in [7, 11) is -3.69. The van der Waals surface area contributed by atoms with Crippen LogP contribution in [0.15, 0.2) is 53.4 Å². The number of nitro groups is 1. The van der Waals surface area contributed by atoms with E-state index in [4.69, 9.17) is 0 Å². The van der Waals surface area contributed by atoms with Crippen molar-refractivity contribution in [3.63, 3.8) is 0 Å². The average molecular weight is 404 g/mol. The first-order valence-corrected chi connectivity index (χ1v) is 11.2. The smallest absolute Gasteiger partial charge is 0.311 e. The van der Waals surface area contributed by atoms with Crippen LogP contribution in [0.3, 0.4) is 0 Å². The molecule has 1 saturated heterocycles. The van der Waals surface area contributed by atoms with Crippen LogP contribution in [0.4, 0.5) is 11.4 Å². The Labute approximate surface area is 165 Å². The van der Waals surface area contributed by atoms with Crippen molar-refractivity contribution in [2.24, 2.45) is 0 Å². The Morgan fingerprint density at radius 3 is 2.43 bits per heavy atom. The maximum atomic E-state index is 12.0. The molecule has 0 spiro atoms. The van der Waals surface area contributed by atoms with E-state index >= 15 is 0 Å². The first-order valence-electron chi connectivity index (χ1n) is 9.28. The highest BCUT2D eigenvalue weighted by molar-refractivity contribution is 7.90. The Kier molecular flexibility index (Phi) is 6.00. The van der Waals surface area contributed by atoms with E-state index in [2.05, 4.69) is 24.0 Å². The molecule has 0 saturated carbocycles. The fourth-order valence-electron chi connectivity index (χ4n) is 3.65. The van der Waals surface area contributed by atoms with Gasteiger partial charge < -0.3 is 4.90 Å². The summed E-state index contributed by atoms with van der Waals surface area (Å²) in [6.07, 6.45) is 1.85. The molecule has 150 valence electrons. The number of rotatable bonds is 5. The fraction of sp³-hybridized carbons (Fsp3) is 0.400. The van der Waals surface area contributed by atoms with Crippen molar-refractivity contribution >= 4 is 21.2 Å². The van der Waals surface area contributed by atoms with Gasteiger partial charge in [0.25, 0.3) is 0 Å². The molecule has 0 N–H and O–H groups in total. The third-order valence-corrected chi connectivity index (χ3v) is 6.35. The molecule has 1 heterocycles. The Balaban J connectivity index is 1.87. The molecule has 2 aromatic carbocycles. The number of anilines is 1. The number of para-hydroxylation sites is 1. The van der Waals surface area contributed by atoms with Crippen molar-refractivity contribution in [2.75, 3.05) is 30.8 Å². The van der Waals surface area contributed by atoms with Crippen LogP contribution in [-0.2, 0) is 16.4 Å². The first kappa shape index (κ1) is 20.3. The zero-order valence-corrected chi connectivity index (χ0v) is 16.9. The molecular formula is C20H25N3O4S. The third kappa shape index (κ3) is 4.51. The molecule has 0 aliphatic carbocycles. The van der Waals surface area contributed by atoms with Crippen LogP contribution >= 0.6 is 0 Å². The third-order valence-electron chi connectivity index (χ3n) is 5.23. The van der Waals surface area contributed by atoms with Crippen LogP contribution in [0.25, 0.3) is 0 Å². The van der Waals surface area contributed by atoms with E-state index in [9.17, 15) is 18.5 Å². The average Bonchev–Trinajstić information content (AvgIpc) is 2.83. The summed E-state index contributed by atoms with van der Waals surface area (Å²) in [6.45, 7) is 4.97. The summed E-state index contributed by atoms with van der Waals surface area (Å²) in [5, 5.41) is 11.7. The van der Waals surface area contributed by atoms with Gasteiger partial charge in [0.05, 0.1) is 4.92 Å². The van der Waals surface area contributed by atoms with Crippen molar-refractivity contribution in [1.29, 1.82) is 0 Å². The van der Waals surface area contributed by atoms with Gasteiger partial charge >= 0.3 is 5.69 Å². The van der Waals surface area contributed by atoms with E-state index in [1.807, 2.05) is 23.1 Å². The van der Waals surface area contributed by atoms with Gasteiger partial charge in [-0.05, 0) is 31.0 Å². The normalized spacial score (nSPS) is 18.6. The summed E-state index contributed by atoms with van der Waals surface area (Å²) in [4.78, 5) is 15.2. The number of nitro benzene ring substituents is 1. The molecule has 28 heavy (non-hydrogen) atoms. The predicted molar refractivity (Wildman–Crippen MR) is 109 cm³/mol. The number of sulfone groups is 1. The Morgan fingerprint density at radius 2 is 1.79 bits per heavy atom. The molecule has 1 unspecified atom stereocenters. The van der Waals surface area contributed by atoms with Crippen molar-refractivity contribution in [1.82, 2.24) is 4.90 Å². The van der Waals surface area contributed by atoms with Gasteiger partial charge in [0.1, 0.15) is 10.6 Å². The lowest BCUT2D eigenvalue weighted by Crippen LogP contribution is -2.34. The van der Waals surface area contributed by atoms with Crippen LogP contribution in [0.2, 0.25) is 0 Å². The molecular weight excluding hydrogens is 378 g/mol. The Morgan fingerprint density at radius 1 is 1.07 bits per heavy atom. The van der Waals surface area contributed by atoms with Gasteiger partial charge in [0, 0.05) is 38.5 Å². The Hall–Kier alpha value is -2.45. The highest BCUT2D eigenvalue weighted by Crippen LogP contribution is 2.35. The van der Waals surface area contributed by atoms with E-state index in [0.29, 0.717) is 24.8 Å². The number of benzene rings is 2. The van der Waals surface area contributed by atoms with Crippen LogP contribution in [0.5, 0.6) is 0 Å². The molecule has 1 fully saturated rings. The Bertz CT molecular complexity index is 947. The van der Waals surface area contributed by atoms with Gasteiger partial charge in [-0.15, -0.1) is 0 Å². The molecule has 7 nitrogen and oxygen atoms in total. The molecule has 1 aliphatic heterocycles. The summed E-state index contributed by atoms with van der Waals surface area (Å²) in [6, 6.07) is 15.1. The van der Waals surface area contributed by atoms with Crippen molar-refractivity contribution in [2.45, 2.75) is 30.8 Å². The number of hydrogen-bond acceptors (Lipinski definition) is 6. The van der Waals surface area contributed by atoms with Gasteiger partial charge in [-0.1, -0.05) is 36.4 Å². The maximum absolute atomic E-state index is 12.0. The SMILES string of the molecule is CC1CCN(c2cccc(S(C)(=O)=O)c2[N+](=O)[O-])CCN1Cc1ccccc1. The van der Waals surface area contributed by atoms with Gasteiger partial charge in [0.15, 0.2) is 9.84 Å². The predicted octanol–water partition coefficient (Wildman–Crippen LogP) is 3.10. The van der Waals surface area contributed by atoms with Gasteiger partial charge in [0.2, 0.25) is 0 Å². The molecule has 1 aliphatic rings. The van der Waals surface area contributed by atoms with Crippen molar-refractivity contribution in [3.05, 3.63) is 64.2 Å². The monoisotopic (exact) mass is 403 g/mol. The van der Waals surface area contributed by atoms with Crippen LogP contribution in [0.1, 0.15) is 18.9 Å². The second kappa shape index (κ2) is 8.28. The first-order chi connectivity index (χ1) is 13.3. The zero-order valence-electron chi connectivity index (χ0n) is 16.1. The highest BCUT2D eigenvalue weighted by Gasteiger charge is 2.30. The van der Waals surface area contributed by atoms with E-state index in [1.165, 1.54) is 11.6 Å². The van der Waals surface area contributed by atoms with Crippen LogP contribution in [-0.4, -0.2) is 50.2 Å². The summed E-state index contributed by atoms with van der Waals surface area (Å²) in [5.74, 6) is 0. The number of hydrogen-bond donors (Lipinski definition) is 0. The molecule has 0 radical (unpaired) electrons. The zero-order chi connectivity index (χ0) is 20.3. The fourth-order valence-corrected chi connectivity index (χ4v) is 4.51. The van der Waals surface area contributed by atoms with E-state index < -0.39 is 14.8 Å². The van der Waals surface area contributed by atoms with Gasteiger partial charge in [-0.3, -0.25) is 15.0 Å². The quantitative estimate of drug-likeness (QED) is 0.563. The maximum Gasteiger partial charge on any atom is 0.311 e. The molecule has 2 aromatic rings. The minimum absolute atomic E-state index is 0.228. The summed E-state index contributed by atoms with van der Waals surface area (Å²) in [5.41, 5.74) is 1.28. The van der Waals surface area contributed by atoms with Crippen molar-refractivity contribution in [3.8, 4) is 0 Å². The van der Waals surface area contributed by atoms with E-state index in [0.717, 1.165) is 25.8 Å². The van der Waals surface area contributed by atoms with Crippen LogP contribution in [0, 0.1) is 10.1 Å². The summed E-state index contributed by atoms with van der Waals surface area (Å²) >= 11 is 0. The lowest BCUT2D eigenvalue weighted by atomic mass is 10.1. The second-order valence-electron chi connectivity index (χ2n) is 7.23. The van der Waals surface area contributed by atoms with Gasteiger partial charge in [-0.25, -0.2) is 8.42 Å². The minimum Gasteiger partial charge on any atom is -0.365 e. The lowest BCUT2D eigenvalue weighted by Gasteiger charge is -2.26. The molecule has 1 atom stereocenters. The largest absolute Gasteiger partial charge is 0.365 e. The van der Waals surface area contributed by atoms with E-state index in [-0.39, 0.29) is 10.6 Å². The highest BCUT2D eigenvalue weighted by atomic mass is 32.2. The minimum atomic E-state index is -3.69. The molecule has 8 heteroatoms. The summed E-state index contributed by atoms with van der Waals surface area (Å²) < 4.78 is 24.1. The molecule has 0 bridgehead atoms. The number of nitrogens with zero attached hydrogens (tertiary/aromatic N) is 3. The van der Waals surface area contributed by atoms with Crippen molar-refractivity contribution < 1.29 is 13.3 Å². The molecule has 3 rings (SSSR count). The molecule has 0 aromatic heterocycles. The standard InChI is InChI=1S/C20H25N3O4S/c1-16-11-12-21(13-14-22(16)15-17-7-4-3-5-8-17)18-9-6-10-19(28(2,26)27)20(18)23(24)25/h3-10,16H,11-15H2,1-2H3. The van der Waals surface area contributed by atoms with E-state index in [1.54, 1.807) is 12.1 Å². The van der Waals surface area contributed by atoms with Gasteiger partial charge in [-0.2, -0.15) is 0 Å². The lowest BCUT2D eigenvalue weighted by molar-refractivity contribution is -0.387. The second-order valence-corrected chi connectivity index (χ2v) is 9.22. The van der Waals surface area contributed by atoms with Crippen LogP contribution < -0.4 is 4.90 Å². The molecule has 0 amide bonds.